The predicted molar refractivity (Wildman–Crippen MR) is 101 cm³/mol. The number of H-pyrrole nitrogens is 1. The minimum atomic E-state index is -1.09. The Kier molecular flexibility index (Phi) is 4.24. The number of thiazole rings is 1. The van der Waals surface area contributed by atoms with Gasteiger partial charge in [-0.25, -0.2) is 4.79 Å². The average Bonchev–Trinajstić information content (AvgIpc) is 3.10. The summed E-state index contributed by atoms with van der Waals surface area (Å²) in [5, 5.41) is 10.1. The molecule has 3 atom stereocenters. The molecule has 1 aromatic carbocycles. The third-order valence-corrected chi connectivity index (χ3v) is 7.36. The SMILES string of the molecule is COc1ccc(C2c3sc(=S)[nH]c3SC3C(=O)N(C(N)=O)C(=O)C32)cc1O. The quantitative estimate of drug-likeness (QED) is 0.499. The minimum Gasteiger partial charge on any atom is -0.504 e. The van der Waals surface area contributed by atoms with Crippen molar-refractivity contribution in [1.29, 1.82) is 0 Å². The number of hydrogen-bond acceptors (Lipinski definition) is 8. The second-order valence-electron chi connectivity index (χ2n) is 6.03. The second kappa shape index (κ2) is 6.36. The number of aromatic hydroxyl groups is 1. The van der Waals surface area contributed by atoms with Crippen LogP contribution in [-0.2, 0) is 9.59 Å². The summed E-state index contributed by atoms with van der Waals surface area (Å²) in [6.07, 6.45) is 0. The van der Waals surface area contributed by atoms with E-state index in [-0.39, 0.29) is 11.5 Å². The van der Waals surface area contributed by atoms with Crippen molar-refractivity contribution in [1.82, 2.24) is 9.88 Å². The Bertz CT molecular complexity index is 1050. The first-order chi connectivity index (χ1) is 12.8. The molecule has 2 aromatic rings. The van der Waals surface area contributed by atoms with Crippen LogP contribution in [0, 0.1) is 9.87 Å². The fraction of sp³-hybridized carbons (Fsp3) is 0.250. The third-order valence-electron chi connectivity index (χ3n) is 4.61. The Labute approximate surface area is 166 Å². The molecule has 4 amide bonds. The number of phenols is 1. The molecule has 0 spiro atoms. The number of fused-ring (bicyclic) bond motifs is 2. The van der Waals surface area contributed by atoms with Gasteiger partial charge in [-0.3, -0.25) is 9.59 Å². The average molecular weight is 423 g/mol. The monoisotopic (exact) mass is 423 g/mol. The van der Waals surface area contributed by atoms with E-state index in [0.717, 1.165) is 4.88 Å². The van der Waals surface area contributed by atoms with E-state index >= 15 is 0 Å². The highest BCUT2D eigenvalue weighted by Gasteiger charge is 2.57. The van der Waals surface area contributed by atoms with Crippen LogP contribution >= 0.6 is 35.3 Å². The highest BCUT2D eigenvalue weighted by atomic mass is 32.2. The predicted octanol–water partition coefficient (Wildman–Crippen LogP) is 2.19. The van der Waals surface area contributed by atoms with Crippen molar-refractivity contribution in [3.63, 3.8) is 0 Å². The first-order valence-corrected chi connectivity index (χ1v) is 9.87. The zero-order valence-electron chi connectivity index (χ0n) is 13.8. The number of carbonyl (C=O) groups is 3. The van der Waals surface area contributed by atoms with Gasteiger partial charge in [0.05, 0.1) is 18.1 Å². The number of urea groups is 1. The van der Waals surface area contributed by atoms with Crippen LogP contribution in [0.3, 0.4) is 0 Å². The molecule has 27 heavy (non-hydrogen) atoms. The molecule has 3 unspecified atom stereocenters. The summed E-state index contributed by atoms with van der Waals surface area (Å²) in [6, 6.07) is 3.70. The number of aromatic amines is 1. The number of carbonyl (C=O) groups excluding carboxylic acids is 3. The van der Waals surface area contributed by atoms with Crippen LogP contribution in [0.1, 0.15) is 16.4 Å². The number of likely N-dealkylation sites (tertiary alicyclic amines) is 1. The van der Waals surface area contributed by atoms with Crippen LogP contribution < -0.4 is 10.5 Å². The summed E-state index contributed by atoms with van der Waals surface area (Å²) in [7, 11) is 1.43. The summed E-state index contributed by atoms with van der Waals surface area (Å²) in [4.78, 5) is 41.5. The smallest absolute Gasteiger partial charge is 0.328 e. The summed E-state index contributed by atoms with van der Waals surface area (Å²) in [5.41, 5.74) is 5.85. The number of nitrogens with two attached hydrogens (primary N) is 1. The van der Waals surface area contributed by atoms with Gasteiger partial charge in [-0.05, 0) is 29.9 Å². The van der Waals surface area contributed by atoms with E-state index in [1.807, 2.05) is 0 Å². The van der Waals surface area contributed by atoms with E-state index in [1.165, 1.54) is 36.3 Å². The standard InChI is InChI=1S/C16H13N3O5S3/c1-24-7-3-2-5(4-6(7)20)8-9-11(14(22)19(13(9)21)15(17)23)26-12-10(8)27-16(25)18-12/h2-4,8-9,11,20H,1H3,(H2,17,23)(H,18,25). The molecule has 8 nitrogen and oxygen atoms in total. The molecule has 1 fully saturated rings. The number of thioether (sulfide) groups is 1. The lowest BCUT2D eigenvalue weighted by Crippen LogP contribution is -2.41. The lowest BCUT2D eigenvalue weighted by atomic mass is 9.83. The normalized spacial score (nSPS) is 23.9. The van der Waals surface area contributed by atoms with Crippen LogP contribution in [0.25, 0.3) is 0 Å². The molecule has 2 aliphatic rings. The highest BCUT2D eigenvalue weighted by Crippen LogP contribution is 2.53. The number of primary amides is 1. The fourth-order valence-electron chi connectivity index (χ4n) is 3.49. The molecule has 4 N–H and O–H groups in total. The molecule has 0 aliphatic carbocycles. The first kappa shape index (κ1) is 18.0. The molecule has 4 rings (SSSR count). The van der Waals surface area contributed by atoms with E-state index in [2.05, 4.69) is 4.98 Å². The van der Waals surface area contributed by atoms with Crippen LogP contribution in [-0.4, -0.2) is 45.2 Å². The van der Waals surface area contributed by atoms with Crippen molar-refractivity contribution >= 4 is 53.2 Å². The van der Waals surface area contributed by atoms with Gasteiger partial charge in [0, 0.05) is 10.8 Å². The molecule has 1 saturated heterocycles. The molecule has 0 bridgehead atoms. The van der Waals surface area contributed by atoms with Gasteiger partial charge >= 0.3 is 6.03 Å². The van der Waals surface area contributed by atoms with Crippen molar-refractivity contribution in [2.24, 2.45) is 11.7 Å². The van der Waals surface area contributed by atoms with Crippen LogP contribution in [0.4, 0.5) is 4.79 Å². The van der Waals surface area contributed by atoms with Gasteiger partial charge in [-0.1, -0.05) is 17.8 Å². The number of methoxy groups -OCH3 is 1. The van der Waals surface area contributed by atoms with Gasteiger partial charge in [0.25, 0.3) is 5.91 Å². The zero-order chi connectivity index (χ0) is 19.5. The minimum absolute atomic E-state index is 0.0889. The summed E-state index contributed by atoms with van der Waals surface area (Å²) >= 11 is 7.70. The van der Waals surface area contributed by atoms with Crippen LogP contribution in [0.2, 0.25) is 0 Å². The Morgan fingerprint density at radius 3 is 2.74 bits per heavy atom. The van der Waals surface area contributed by atoms with Gasteiger partial charge in [0.1, 0.15) is 5.25 Å². The van der Waals surface area contributed by atoms with Gasteiger partial charge in [-0.15, -0.1) is 11.3 Å². The number of rotatable bonds is 2. The maximum atomic E-state index is 12.9. The number of aromatic nitrogens is 1. The zero-order valence-corrected chi connectivity index (χ0v) is 16.2. The van der Waals surface area contributed by atoms with E-state index < -0.39 is 34.9 Å². The van der Waals surface area contributed by atoms with E-state index in [9.17, 15) is 19.5 Å². The third kappa shape index (κ3) is 2.65. The van der Waals surface area contributed by atoms with Crippen molar-refractivity contribution < 1.29 is 24.2 Å². The number of nitrogens with one attached hydrogen (secondary N) is 1. The molecule has 2 aliphatic heterocycles. The van der Waals surface area contributed by atoms with Crippen molar-refractivity contribution in [2.45, 2.75) is 16.2 Å². The molecular weight excluding hydrogens is 410 g/mol. The van der Waals surface area contributed by atoms with Crippen molar-refractivity contribution in [3.8, 4) is 11.5 Å². The maximum Gasteiger partial charge on any atom is 0.328 e. The maximum absolute atomic E-state index is 12.9. The summed E-state index contributed by atoms with van der Waals surface area (Å²) < 4.78 is 5.59. The van der Waals surface area contributed by atoms with Gasteiger partial charge in [-0.2, -0.15) is 4.90 Å². The van der Waals surface area contributed by atoms with Gasteiger partial charge < -0.3 is 20.6 Å². The number of phenolic OH excluding ortho intramolecular Hbond substituents is 1. The lowest BCUT2D eigenvalue weighted by Gasteiger charge is -2.30. The number of ether oxygens (including phenoxy) is 1. The fourth-order valence-corrected chi connectivity index (χ4v) is 6.45. The molecule has 11 heteroatoms. The van der Waals surface area contributed by atoms with E-state index in [1.54, 1.807) is 12.1 Å². The Morgan fingerprint density at radius 2 is 2.11 bits per heavy atom. The summed E-state index contributed by atoms with van der Waals surface area (Å²) in [5.74, 6) is -2.46. The second-order valence-corrected chi connectivity index (χ2v) is 8.90. The number of hydrogen-bond donors (Lipinski definition) is 3. The van der Waals surface area contributed by atoms with Gasteiger partial charge in [0.2, 0.25) is 5.91 Å². The Hall–Kier alpha value is -2.37. The topological polar surface area (TPSA) is 126 Å². The van der Waals surface area contributed by atoms with Crippen LogP contribution in [0.15, 0.2) is 23.2 Å². The largest absolute Gasteiger partial charge is 0.504 e. The van der Waals surface area contributed by atoms with Gasteiger partial charge in [0.15, 0.2) is 15.5 Å². The van der Waals surface area contributed by atoms with Crippen molar-refractivity contribution in [2.75, 3.05) is 7.11 Å². The molecule has 140 valence electrons. The lowest BCUT2D eigenvalue weighted by molar-refractivity contribution is -0.135. The number of nitrogens with zero attached hydrogens (tertiary/aromatic N) is 1. The number of amides is 4. The number of imide groups is 3. The molecular formula is C16H13N3O5S3. The Balaban J connectivity index is 1.90. The van der Waals surface area contributed by atoms with Crippen LogP contribution in [0.5, 0.6) is 11.5 Å². The molecule has 3 heterocycles. The highest BCUT2D eigenvalue weighted by molar-refractivity contribution is 8.00. The molecule has 1 aromatic heterocycles. The van der Waals surface area contributed by atoms with E-state index in [0.29, 0.717) is 19.4 Å². The number of benzene rings is 1. The molecule has 0 radical (unpaired) electrons. The van der Waals surface area contributed by atoms with Crippen molar-refractivity contribution in [3.05, 3.63) is 32.6 Å². The summed E-state index contributed by atoms with van der Waals surface area (Å²) in [6.45, 7) is 0. The molecule has 0 saturated carbocycles. The Morgan fingerprint density at radius 1 is 1.37 bits per heavy atom. The van der Waals surface area contributed by atoms with E-state index in [4.69, 9.17) is 22.7 Å². The first-order valence-electron chi connectivity index (χ1n) is 7.77.